The Kier molecular flexibility index (Phi) is 4.42. The molecule has 104 valence electrons. The van der Waals surface area contributed by atoms with Crippen molar-refractivity contribution in [2.24, 2.45) is 0 Å². The lowest BCUT2D eigenvalue weighted by Gasteiger charge is -2.10. The van der Waals surface area contributed by atoms with Crippen LogP contribution in [0.4, 0.5) is 10.1 Å². The summed E-state index contributed by atoms with van der Waals surface area (Å²) < 4.78 is 13.1. The lowest BCUT2D eigenvalue weighted by molar-refractivity contribution is 0.102. The highest BCUT2D eigenvalue weighted by molar-refractivity contribution is 6.36. The summed E-state index contributed by atoms with van der Waals surface area (Å²) in [7, 11) is 0. The van der Waals surface area contributed by atoms with Crippen LogP contribution in [-0.4, -0.2) is 15.9 Å². The predicted molar refractivity (Wildman–Crippen MR) is 76.2 cm³/mol. The second kappa shape index (κ2) is 5.91. The van der Waals surface area contributed by atoms with Gasteiger partial charge in [0, 0.05) is 0 Å². The number of hydrogen-bond acceptors (Lipinski definition) is 3. The fourth-order valence-electron chi connectivity index (χ4n) is 1.51. The third-order valence-electron chi connectivity index (χ3n) is 2.43. The number of aromatic nitrogens is 2. The maximum atomic E-state index is 13.1. The zero-order valence-electron chi connectivity index (χ0n) is 10.0. The summed E-state index contributed by atoms with van der Waals surface area (Å²) in [5.74, 6) is -1.31. The molecule has 2 aromatic rings. The molecular weight excluding hydrogens is 328 g/mol. The number of halogens is 4. The van der Waals surface area contributed by atoms with Gasteiger partial charge in [-0.05, 0) is 24.6 Å². The quantitative estimate of drug-likeness (QED) is 0.840. The average Bonchev–Trinajstić information content (AvgIpc) is 2.36. The Bertz CT molecular complexity index is 671. The standard InChI is InChI=1S/C12H7Cl3FN3O/c1-5-2-8(13)18-11(15)9(5)19-12(20)7-3-6(16)4-17-10(7)14/h2-4H,1H3,(H,19,20). The molecule has 0 saturated heterocycles. The second-order valence-electron chi connectivity index (χ2n) is 3.87. The summed E-state index contributed by atoms with van der Waals surface area (Å²) in [5, 5.41) is 2.63. The zero-order valence-corrected chi connectivity index (χ0v) is 12.3. The molecule has 0 unspecified atom stereocenters. The molecule has 0 aliphatic carbocycles. The van der Waals surface area contributed by atoms with Crippen molar-refractivity contribution in [3.63, 3.8) is 0 Å². The number of nitrogens with zero attached hydrogens (tertiary/aromatic N) is 2. The Morgan fingerprint density at radius 1 is 1.25 bits per heavy atom. The number of hydrogen-bond donors (Lipinski definition) is 1. The highest BCUT2D eigenvalue weighted by Gasteiger charge is 2.16. The van der Waals surface area contributed by atoms with Gasteiger partial charge in [-0.3, -0.25) is 4.79 Å². The molecular formula is C12H7Cl3FN3O. The smallest absolute Gasteiger partial charge is 0.258 e. The first-order valence-corrected chi connectivity index (χ1v) is 6.47. The van der Waals surface area contributed by atoms with E-state index in [0.29, 0.717) is 5.56 Å². The van der Waals surface area contributed by atoms with Crippen LogP contribution in [0.25, 0.3) is 0 Å². The highest BCUT2D eigenvalue weighted by Crippen LogP contribution is 2.27. The molecule has 1 amide bonds. The molecule has 1 N–H and O–H groups in total. The molecule has 4 nitrogen and oxygen atoms in total. The molecule has 2 aromatic heterocycles. The van der Waals surface area contributed by atoms with Crippen LogP contribution in [0.3, 0.4) is 0 Å². The van der Waals surface area contributed by atoms with E-state index in [4.69, 9.17) is 34.8 Å². The number of nitrogens with one attached hydrogen (secondary N) is 1. The summed E-state index contributed by atoms with van der Waals surface area (Å²) in [6.07, 6.45) is 0.918. The monoisotopic (exact) mass is 333 g/mol. The predicted octanol–water partition coefficient (Wildman–Crippen LogP) is 4.14. The lowest BCUT2D eigenvalue weighted by atomic mass is 10.2. The molecule has 0 saturated carbocycles. The van der Waals surface area contributed by atoms with E-state index in [1.807, 2.05) is 0 Å². The number of anilines is 1. The minimum Gasteiger partial charge on any atom is -0.319 e. The molecule has 2 rings (SSSR count). The summed E-state index contributed by atoms with van der Waals surface area (Å²) in [6.45, 7) is 1.69. The number of pyridine rings is 2. The molecule has 0 aromatic carbocycles. The largest absolute Gasteiger partial charge is 0.319 e. The van der Waals surface area contributed by atoms with Crippen molar-refractivity contribution in [1.82, 2.24) is 9.97 Å². The number of carbonyl (C=O) groups excluding carboxylic acids is 1. The molecule has 0 bridgehead atoms. The molecule has 0 aliphatic heterocycles. The summed E-state index contributed by atoms with van der Waals surface area (Å²) in [5.41, 5.74) is 0.794. The van der Waals surface area contributed by atoms with E-state index in [-0.39, 0.29) is 26.7 Å². The van der Waals surface area contributed by atoms with Crippen molar-refractivity contribution in [3.05, 3.63) is 50.7 Å². The molecule has 20 heavy (non-hydrogen) atoms. The Morgan fingerprint density at radius 2 is 1.95 bits per heavy atom. The van der Waals surface area contributed by atoms with Crippen molar-refractivity contribution in [2.45, 2.75) is 6.92 Å². The first kappa shape index (κ1) is 15.0. The summed E-state index contributed by atoms with van der Waals surface area (Å²) >= 11 is 17.4. The van der Waals surface area contributed by atoms with Crippen LogP contribution in [0.15, 0.2) is 18.3 Å². The van der Waals surface area contributed by atoms with Gasteiger partial charge in [0.25, 0.3) is 5.91 Å². The first-order chi connectivity index (χ1) is 9.38. The minimum absolute atomic E-state index is 0.0313. The lowest BCUT2D eigenvalue weighted by Crippen LogP contribution is -2.15. The Labute approximate surface area is 128 Å². The van der Waals surface area contributed by atoms with Gasteiger partial charge in [0.05, 0.1) is 17.4 Å². The molecule has 0 radical (unpaired) electrons. The first-order valence-electron chi connectivity index (χ1n) is 5.33. The van der Waals surface area contributed by atoms with E-state index in [1.54, 1.807) is 6.92 Å². The summed E-state index contributed by atoms with van der Waals surface area (Å²) in [6, 6.07) is 2.52. The van der Waals surface area contributed by atoms with Crippen molar-refractivity contribution >= 4 is 46.4 Å². The normalized spacial score (nSPS) is 10.4. The molecule has 0 spiro atoms. The third-order valence-corrected chi connectivity index (χ3v) is 3.20. The number of carbonyl (C=O) groups is 1. The maximum absolute atomic E-state index is 13.1. The van der Waals surface area contributed by atoms with Crippen LogP contribution < -0.4 is 5.32 Å². The van der Waals surface area contributed by atoms with Gasteiger partial charge < -0.3 is 5.32 Å². The summed E-state index contributed by atoms with van der Waals surface area (Å²) in [4.78, 5) is 19.4. The number of rotatable bonds is 2. The van der Waals surface area contributed by atoms with Crippen molar-refractivity contribution < 1.29 is 9.18 Å². The van der Waals surface area contributed by atoms with Gasteiger partial charge in [-0.25, -0.2) is 14.4 Å². The van der Waals surface area contributed by atoms with Crippen molar-refractivity contribution in [1.29, 1.82) is 0 Å². The number of aryl methyl sites for hydroxylation is 1. The minimum atomic E-state index is -0.670. The van der Waals surface area contributed by atoms with Crippen LogP contribution >= 0.6 is 34.8 Å². The van der Waals surface area contributed by atoms with Crippen molar-refractivity contribution in [2.75, 3.05) is 5.32 Å². The van der Waals surface area contributed by atoms with Crippen LogP contribution in [-0.2, 0) is 0 Å². The highest BCUT2D eigenvalue weighted by atomic mass is 35.5. The molecule has 0 fully saturated rings. The van der Waals surface area contributed by atoms with Crippen LogP contribution in [0, 0.1) is 12.7 Å². The molecule has 0 aliphatic rings. The molecule has 8 heteroatoms. The fraction of sp³-hybridized carbons (Fsp3) is 0.0833. The van der Waals surface area contributed by atoms with E-state index in [2.05, 4.69) is 15.3 Å². The van der Waals surface area contributed by atoms with Crippen LogP contribution in [0.1, 0.15) is 15.9 Å². The van der Waals surface area contributed by atoms with E-state index in [9.17, 15) is 9.18 Å². The van der Waals surface area contributed by atoms with Gasteiger partial charge in [0.1, 0.15) is 16.1 Å². The Balaban J connectivity index is 2.35. The van der Waals surface area contributed by atoms with E-state index < -0.39 is 11.7 Å². The van der Waals surface area contributed by atoms with E-state index in [1.165, 1.54) is 6.07 Å². The van der Waals surface area contributed by atoms with Crippen molar-refractivity contribution in [3.8, 4) is 0 Å². The van der Waals surface area contributed by atoms with Gasteiger partial charge in [-0.2, -0.15) is 0 Å². The fourth-order valence-corrected chi connectivity index (χ4v) is 2.28. The van der Waals surface area contributed by atoms with Crippen LogP contribution in [0.5, 0.6) is 0 Å². The average molecular weight is 335 g/mol. The van der Waals surface area contributed by atoms with Gasteiger partial charge in [0.2, 0.25) is 0 Å². The Hall–Kier alpha value is -1.43. The van der Waals surface area contributed by atoms with E-state index >= 15 is 0 Å². The molecule has 2 heterocycles. The van der Waals surface area contributed by atoms with Gasteiger partial charge in [-0.1, -0.05) is 34.8 Å². The van der Waals surface area contributed by atoms with Gasteiger partial charge >= 0.3 is 0 Å². The SMILES string of the molecule is Cc1cc(Cl)nc(Cl)c1NC(=O)c1cc(F)cnc1Cl. The third kappa shape index (κ3) is 3.17. The topological polar surface area (TPSA) is 54.9 Å². The zero-order chi connectivity index (χ0) is 14.9. The van der Waals surface area contributed by atoms with Gasteiger partial charge in [-0.15, -0.1) is 0 Å². The van der Waals surface area contributed by atoms with Gasteiger partial charge in [0.15, 0.2) is 5.15 Å². The number of amides is 1. The van der Waals surface area contributed by atoms with Crippen LogP contribution in [0.2, 0.25) is 15.5 Å². The Morgan fingerprint density at radius 3 is 2.60 bits per heavy atom. The maximum Gasteiger partial charge on any atom is 0.258 e. The molecule has 0 atom stereocenters. The second-order valence-corrected chi connectivity index (χ2v) is 4.98. The van der Waals surface area contributed by atoms with E-state index in [0.717, 1.165) is 12.3 Å².